The van der Waals surface area contributed by atoms with Crippen LogP contribution < -0.4 is 4.72 Å². The van der Waals surface area contributed by atoms with Crippen LogP contribution >= 0.6 is 22.9 Å². The Labute approximate surface area is 136 Å². The summed E-state index contributed by atoms with van der Waals surface area (Å²) in [6.07, 6.45) is 1.17. The van der Waals surface area contributed by atoms with E-state index in [-0.39, 0.29) is 15.5 Å². The lowest BCUT2D eigenvalue weighted by atomic mass is 9.92. The van der Waals surface area contributed by atoms with Gasteiger partial charge in [-0.1, -0.05) is 26.3 Å². The first kappa shape index (κ1) is 18.9. The van der Waals surface area contributed by atoms with E-state index < -0.39 is 22.2 Å². The highest BCUT2D eigenvalue weighted by molar-refractivity contribution is 7.91. The van der Waals surface area contributed by atoms with Crippen molar-refractivity contribution in [3.05, 3.63) is 17.5 Å². The Bertz CT molecular complexity index is 502. The number of nitrogens with one attached hydrogen (secondary N) is 1. The van der Waals surface area contributed by atoms with Gasteiger partial charge in [0.1, 0.15) is 4.21 Å². The Hall–Kier alpha value is -0.140. The molecular formula is C14H24ClNO3S2. The molecule has 1 aromatic rings. The lowest BCUT2D eigenvalue weighted by molar-refractivity contribution is 0.101. The van der Waals surface area contributed by atoms with Gasteiger partial charge in [0, 0.05) is 5.38 Å². The van der Waals surface area contributed by atoms with Gasteiger partial charge in [0.15, 0.2) is 0 Å². The first-order valence-electron chi connectivity index (χ1n) is 7.16. The second kappa shape index (κ2) is 8.48. The molecule has 0 saturated carbocycles. The molecule has 1 aromatic heterocycles. The number of thiophene rings is 1. The van der Waals surface area contributed by atoms with Crippen molar-refractivity contribution in [3.63, 3.8) is 0 Å². The minimum atomic E-state index is -3.58. The normalized spacial score (nSPS) is 18.1. The molecule has 0 saturated heterocycles. The molecular weight excluding hydrogens is 330 g/mol. The highest BCUT2D eigenvalue weighted by atomic mass is 35.5. The minimum Gasteiger partial charge on any atom is -0.391 e. The van der Waals surface area contributed by atoms with E-state index in [1.165, 1.54) is 11.3 Å². The molecule has 0 aromatic carbocycles. The lowest BCUT2D eigenvalue weighted by Crippen LogP contribution is -2.47. The van der Waals surface area contributed by atoms with E-state index in [0.29, 0.717) is 12.8 Å². The highest BCUT2D eigenvalue weighted by Crippen LogP contribution is 2.21. The van der Waals surface area contributed by atoms with Gasteiger partial charge in [-0.2, -0.15) is 0 Å². The van der Waals surface area contributed by atoms with Crippen LogP contribution in [0.3, 0.4) is 0 Å². The number of halogens is 1. The minimum absolute atomic E-state index is 0.0360. The zero-order valence-electron chi connectivity index (χ0n) is 12.6. The summed E-state index contributed by atoms with van der Waals surface area (Å²) in [6, 6.07) is 2.76. The van der Waals surface area contributed by atoms with Crippen LogP contribution in [0, 0.1) is 5.92 Å². The largest absolute Gasteiger partial charge is 0.391 e. The molecule has 21 heavy (non-hydrogen) atoms. The van der Waals surface area contributed by atoms with Gasteiger partial charge in [-0.05, 0) is 37.1 Å². The quantitative estimate of drug-likeness (QED) is 0.670. The highest BCUT2D eigenvalue weighted by Gasteiger charge is 2.30. The molecule has 0 aliphatic carbocycles. The van der Waals surface area contributed by atoms with Crippen LogP contribution in [0.4, 0.5) is 0 Å². The van der Waals surface area contributed by atoms with Gasteiger partial charge in [-0.15, -0.1) is 22.9 Å². The number of alkyl halides is 1. The number of aliphatic hydroxyl groups is 1. The maximum absolute atomic E-state index is 12.3. The number of hydrogen-bond donors (Lipinski definition) is 2. The van der Waals surface area contributed by atoms with Crippen LogP contribution in [0.2, 0.25) is 0 Å². The zero-order chi connectivity index (χ0) is 16.0. The second-order valence-corrected chi connectivity index (χ2v) is 9.02. The topological polar surface area (TPSA) is 66.4 Å². The van der Waals surface area contributed by atoms with Gasteiger partial charge < -0.3 is 5.11 Å². The van der Waals surface area contributed by atoms with Gasteiger partial charge >= 0.3 is 0 Å². The predicted octanol–water partition coefficient (Wildman–Crippen LogP) is 3.21. The van der Waals surface area contributed by atoms with Crippen molar-refractivity contribution in [2.24, 2.45) is 5.92 Å². The van der Waals surface area contributed by atoms with Gasteiger partial charge in [0.2, 0.25) is 10.0 Å². The van der Waals surface area contributed by atoms with E-state index >= 15 is 0 Å². The van der Waals surface area contributed by atoms with Gasteiger partial charge in [-0.3, -0.25) is 0 Å². The summed E-state index contributed by atoms with van der Waals surface area (Å²) in [7, 11) is -3.58. The van der Waals surface area contributed by atoms with Crippen LogP contribution in [0.25, 0.3) is 0 Å². The molecule has 0 aliphatic heterocycles. The fraction of sp³-hybridized carbons (Fsp3) is 0.714. The van der Waals surface area contributed by atoms with Crippen LogP contribution in [0.1, 0.15) is 40.0 Å². The molecule has 4 atom stereocenters. The third-order valence-corrected chi connectivity index (χ3v) is 6.66. The van der Waals surface area contributed by atoms with E-state index in [1.807, 2.05) is 20.8 Å². The SMILES string of the molecule is CC[C@H](C)[C@H](NS(=O)(=O)c1cccs1)[C@@H](O)CCC(C)Cl. The van der Waals surface area contributed by atoms with Gasteiger partial charge in [-0.25, -0.2) is 13.1 Å². The summed E-state index contributed by atoms with van der Waals surface area (Å²) < 4.78 is 27.6. The fourth-order valence-electron chi connectivity index (χ4n) is 2.06. The van der Waals surface area contributed by atoms with Crippen molar-refractivity contribution < 1.29 is 13.5 Å². The van der Waals surface area contributed by atoms with Crippen LogP contribution in [0.15, 0.2) is 21.7 Å². The van der Waals surface area contributed by atoms with E-state index in [0.717, 1.165) is 6.42 Å². The predicted molar refractivity (Wildman–Crippen MR) is 88.4 cm³/mol. The molecule has 0 bridgehead atoms. The summed E-state index contributed by atoms with van der Waals surface area (Å²) in [4.78, 5) is 0. The number of aliphatic hydroxyl groups excluding tert-OH is 1. The summed E-state index contributed by atoms with van der Waals surface area (Å²) in [5.74, 6) is 0.0420. The van der Waals surface area contributed by atoms with E-state index in [2.05, 4.69) is 4.72 Å². The summed E-state index contributed by atoms with van der Waals surface area (Å²) in [5, 5.41) is 12.0. The van der Waals surface area contributed by atoms with Crippen LogP contribution in [-0.2, 0) is 10.0 Å². The third kappa shape index (κ3) is 5.87. The average molecular weight is 354 g/mol. The number of hydrogen-bond acceptors (Lipinski definition) is 4. The third-order valence-electron chi connectivity index (χ3n) is 3.58. The van der Waals surface area contributed by atoms with Crippen molar-refractivity contribution in [3.8, 4) is 0 Å². The Morgan fingerprint density at radius 3 is 2.52 bits per heavy atom. The van der Waals surface area contributed by atoms with Crippen molar-refractivity contribution in [2.75, 3.05) is 0 Å². The van der Waals surface area contributed by atoms with Crippen molar-refractivity contribution in [1.82, 2.24) is 4.72 Å². The van der Waals surface area contributed by atoms with Crippen molar-refractivity contribution >= 4 is 33.0 Å². The Morgan fingerprint density at radius 1 is 1.38 bits per heavy atom. The molecule has 1 unspecified atom stereocenters. The molecule has 7 heteroatoms. The molecule has 0 amide bonds. The van der Waals surface area contributed by atoms with Crippen molar-refractivity contribution in [1.29, 1.82) is 0 Å². The molecule has 1 rings (SSSR count). The molecule has 4 nitrogen and oxygen atoms in total. The fourth-order valence-corrected chi connectivity index (χ4v) is 4.58. The molecule has 0 aliphatic rings. The Kier molecular flexibility index (Phi) is 7.64. The monoisotopic (exact) mass is 353 g/mol. The second-order valence-electron chi connectivity index (χ2n) is 5.39. The Balaban J connectivity index is 2.83. The van der Waals surface area contributed by atoms with Crippen molar-refractivity contribution in [2.45, 2.75) is 61.8 Å². The summed E-state index contributed by atoms with van der Waals surface area (Å²) >= 11 is 7.07. The van der Waals surface area contributed by atoms with E-state index in [1.54, 1.807) is 17.5 Å². The maximum Gasteiger partial charge on any atom is 0.250 e. The zero-order valence-corrected chi connectivity index (χ0v) is 15.0. The molecule has 0 radical (unpaired) electrons. The molecule has 2 N–H and O–H groups in total. The summed E-state index contributed by atoms with van der Waals surface area (Å²) in [5.41, 5.74) is 0. The smallest absolute Gasteiger partial charge is 0.250 e. The van der Waals surface area contributed by atoms with Crippen LogP contribution in [0.5, 0.6) is 0 Å². The van der Waals surface area contributed by atoms with Gasteiger partial charge in [0.25, 0.3) is 0 Å². The summed E-state index contributed by atoms with van der Waals surface area (Å²) in [6.45, 7) is 5.78. The molecule has 1 heterocycles. The van der Waals surface area contributed by atoms with Gasteiger partial charge in [0.05, 0.1) is 12.1 Å². The average Bonchev–Trinajstić information content (AvgIpc) is 2.96. The number of sulfonamides is 1. The standard InChI is InChI=1S/C14H24ClNO3S2/c1-4-10(2)14(12(17)8-7-11(3)15)16-21(18,19)13-6-5-9-20-13/h5-6,9-12,14,16-17H,4,7-8H2,1-3H3/t10-,11?,12-,14-/m0/s1. The maximum atomic E-state index is 12.3. The van der Waals surface area contributed by atoms with E-state index in [9.17, 15) is 13.5 Å². The van der Waals surface area contributed by atoms with Crippen LogP contribution in [-0.4, -0.2) is 31.0 Å². The first-order chi connectivity index (χ1) is 9.77. The Morgan fingerprint density at radius 2 is 2.05 bits per heavy atom. The first-order valence-corrected chi connectivity index (χ1v) is 9.95. The molecule has 122 valence electrons. The lowest BCUT2D eigenvalue weighted by Gasteiger charge is -2.28. The van der Waals surface area contributed by atoms with E-state index in [4.69, 9.17) is 11.6 Å². The molecule has 0 fully saturated rings. The molecule has 0 spiro atoms. The number of rotatable bonds is 9.